The van der Waals surface area contributed by atoms with Gasteiger partial charge in [0, 0.05) is 41.2 Å². The molecule has 43 heavy (non-hydrogen) atoms. The van der Waals surface area contributed by atoms with E-state index in [1.165, 1.54) is 0 Å². The topological polar surface area (TPSA) is 67.5 Å². The van der Waals surface area contributed by atoms with Crippen molar-refractivity contribution in [3.63, 3.8) is 0 Å². The average molecular weight is 578 g/mol. The number of hydrogen-bond donors (Lipinski definition) is 0. The summed E-state index contributed by atoms with van der Waals surface area (Å²) in [5.74, 6) is 0.521. The predicted molar refractivity (Wildman–Crippen MR) is 173 cm³/mol. The Kier molecular flexibility index (Phi) is 9.42. The summed E-state index contributed by atoms with van der Waals surface area (Å²) in [5, 5.41) is 8.00. The lowest BCUT2D eigenvalue weighted by Gasteiger charge is -2.12. The lowest BCUT2D eigenvalue weighted by Crippen LogP contribution is -2.14. The Labute approximate surface area is 253 Å². The Morgan fingerprint density at radius 3 is 2.56 bits per heavy atom. The van der Waals surface area contributed by atoms with Crippen LogP contribution < -0.4 is 4.74 Å². The van der Waals surface area contributed by atoms with E-state index < -0.39 is 0 Å². The zero-order valence-corrected chi connectivity index (χ0v) is 25.3. The number of nitrogens with zero attached hydrogens (tertiary/aromatic N) is 3. The van der Waals surface area contributed by atoms with Gasteiger partial charge in [0.05, 0.1) is 37.6 Å². The van der Waals surface area contributed by atoms with Gasteiger partial charge in [0.15, 0.2) is 0 Å². The molecule has 0 N–H and O–H groups in total. The second-order valence-electron chi connectivity index (χ2n) is 10.4. The van der Waals surface area contributed by atoms with Gasteiger partial charge in [-0.25, -0.2) is 4.79 Å². The fourth-order valence-electron chi connectivity index (χ4n) is 5.80. The third kappa shape index (κ3) is 5.99. The molecule has 5 aromatic rings. The highest BCUT2D eigenvalue weighted by molar-refractivity contribution is 6.05. The fourth-order valence-corrected chi connectivity index (χ4v) is 5.80. The number of aryl methyl sites for hydroxylation is 2. The second kappa shape index (κ2) is 13.6. The number of hydrogen-bond acceptors (Lipinski definition) is 5. The standard InChI is InChI=1S/C36H39N3O4/c1-6-21-39-34-28(17-12-18-30(34)33-25(4)38(5)37-31(33)24-41-22-7-2)29(35(39)36(40)42-8-3)19-13-23-43-32-20-11-15-26-14-9-10-16-27(26)32/h6-7,9-12,14-18,20H,1-2,8,13,19,21-24H2,3-5H3. The molecule has 0 bridgehead atoms. The summed E-state index contributed by atoms with van der Waals surface area (Å²) in [7, 11) is 1.93. The largest absolute Gasteiger partial charge is 0.493 e. The average Bonchev–Trinajstić information content (AvgIpc) is 3.48. The lowest BCUT2D eigenvalue weighted by molar-refractivity contribution is 0.0513. The minimum Gasteiger partial charge on any atom is -0.493 e. The number of carbonyl (C=O) groups is 1. The zero-order chi connectivity index (χ0) is 30.3. The van der Waals surface area contributed by atoms with E-state index >= 15 is 0 Å². The molecular formula is C36H39N3O4. The summed E-state index contributed by atoms with van der Waals surface area (Å²) in [5.41, 5.74) is 6.30. The first kappa shape index (κ1) is 29.9. The Morgan fingerprint density at radius 2 is 1.77 bits per heavy atom. The van der Waals surface area contributed by atoms with E-state index in [9.17, 15) is 4.79 Å². The molecule has 2 aromatic heterocycles. The molecule has 0 aliphatic heterocycles. The van der Waals surface area contributed by atoms with Gasteiger partial charge >= 0.3 is 5.97 Å². The Hall–Kier alpha value is -4.62. The van der Waals surface area contributed by atoms with Gasteiger partial charge in [-0.15, -0.1) is 13.2 Å². The van der Waals surface area contributed by atoms with Crippen LogP contribution in [0.15, 0.2) is 86.0 Å². The van der Waals surface area contributed by atoms with Crippen molar-refractivity contribution >= 4 is 27.6 Å². The van der Waals surface area contributed by atoms with Gasteiger partial charge in [-0.3, -0.25) is 4.68 Å². The first-order valence-corrected chi connectivity index (χ1v) is 14.7. The normalized spacial score (nSPS) is 11.2. The van der Waals surface area contributed by atoms with E-state index in [4.69, 9.17) is 19.3 Å². The molecule has 2 heterocycles. The van der Waals surface area contributed by atoms with Crippen molar-refractivity contribution in [3.8, 4) is 16.9 Å². The zero-order valence-electron chi connectivity index (χ0n) is 25.3. The Morgan fingerprint density at radius 1 is 1.00 bits per heavy atom. The van der Waals surface area contributed by atoms with E-state index in [1.54, 1.807) is 6.08 Å². The van der Waals surface area contributed by atoms with Crippen LogP contribution >= 0.6 is 0 Å². The minimum atomic E-state index is -0.339. The number of para-hydroxylation sites is 1. The highest BCUT2D eigenvalue weighted by Gasteiger charge is 2.27. The number of aromatic nitrogens is 3. The summed E-state index contributed by atoms with van der Waals surface area (Å²) in [6, 6.07) is 20.5. The van der Waals surface area contributed by atoms with Crippen LogP contribution in [0.2, 0.25) is 0 Å². The van der Waals surface area contributed by atoms with Gasteiger partial charge in [0.2, 0.25) is 0 Å². The van der Waals surface area contributed by atoms with Crippen LogP contribution in [-0.4, -0.2) is 40.1 Å². The smallest absolute Gasteiger partial charge is 0.355 e. The van der Waals surface area contributed by atoms with Crippen LogP contribution in [0.25, 0.3) is 32.8 Å². The first-order valence-electron chi connectivity index (χ1n) is 14.7. The van der Waals surface area contributed by atoms with Gasteiger partial charge in [-0.1, -0.05) is 66.7 Å². The molecule has 0 saturated heterocycles. The maximum absolute atomic E-state index is 13.5. The highest BCUT2D eigenvalue weighted by Crippen LogP contribution is 2.38. The van der Waals surface area contributed by atoms with E-state index in [2.05, 4.69) is 50.4 Å². The van der Waals surface area contributed by atoms with E-state index in [0.29, 0.717) is 38.5 Å². The molecule has 0 radical (unpaired) electrons. The number of allylic oxidation sites excluding steroid dienone is 1. The molecule has 5 rings (SSSR count). The van der Waals surface area contributed by atoms with Gasteiger partial charge in [0.25, 0.3) is 0 Å². The third-order valence-corrected chi connectivity index (χ3v) is 7.70. The molecule has 222 valence electrons. The minimum absolute atomic E-state index is 0.289. The number of carbonyl (C=O) groups excluding carboxylic acids is 1. The Bertz CT molecular complexity index is 1770. The van der Waals surface area contributed by atoms with Crippen LogP contribution in [0.5, 0.6) is 5.75 Å². The van der Waals surface area contributed by atoms with Crippen molar-refractivity contribution in [1.82, 2.24) is 14.3 Å². The van der Waals surface area contributed by atoms with E-state index in [1.807, 2.05) is 59.6 Å². The van der Waals surface area contributed by atoms with Gasteiger partial charge < -0.3 is 18.8 Å². The van der Waals surface area contributed by atoms with Crippen molar-refractivity contribution in [2.75, 3.05) is 19.8 Å². The van der Waals surface area contributed by atoms with Gasteiger partial charge in [0.1, 0.15) is 11.4 Å². The molecule has 3 aromatic carbocycles. The van der Waals surface area contributed by atoms with E-state index in [0.717, 1.165) is 61.9 Å². The molecule has 0 atom stereocenters. The Balaban J connectivity index is 1.57. The number of fused-ring (bicyclic) bond motifs is 2. The second-order valence-corrected chi connectivity index (χ2v) is 10.4. The maximum atomic E-state index is 13.5. The molecule has 0 aliphatic rings. The van der Waals surface area contributed by atoms with Crippen LogP contribution in [-0.2, 0) is 36.1 Å². The van der Waals surface area contributed by atoms with Crippen LogP contribution in [0.4, 0.5) is 0 Å². The molecule has 0 fully saturated rings. The van der Waals surface area contributed by atoms with Crippen molar-refractivity contribution in [2.24, 2.45) is 7.05 Å². The lowest BCUT2D eigenvalue weighted by atomic mass is 9.98. The molecular weight excluding hydrogens is 538 g/mol. The fraction of sp³-hybridized carbons (Fsp3) is 0.278. The van der Waals surface area contributed by atoms with E-state index in [-0.39, 0.29) is 12.6 Å². The quantitative estimate of drug-likeness (QED) is 0.0773. The molecule has 7 nitrogen and oxygen atoms in total. The summed E-state index contributed by atoms with van der Waals surface area (Å²) in [4.78, 5) is 13.5. The number of benzene rings is 3. The predicted octanol–water partition coefficient (Wildman–Crippen LogP) is 7.58. The summed E-state index contributed by atoms with van der Waals surface area (Å²) < 4.78 is 21.6. The van der Waals surface area contributed by atoms with Gasteiger partial charge in [-0.2, -0.15) is 5.10 Å². The van der Waals surface area contributed by atoms with Crippen LogP contribution in [0, 0.1) is 6.92 Å². The molecule has 0 spiro atoms. The molecule has 0 unspecified atom stereocenters. The number of esters is 1. The molecule has 0 aliphatic carbocycles. The first-order chi connectivity index (χ1) is 21.0. The summed E-state index contributed by atoms with van der Waals surface area (Å²) in [6.45, 7) is 13.7. The number of ether oxygens (including phenoxy) is 3. The van der Waals surface area contributed by atoms with Crippen LogP contribution in [0.3, 0.4) is 0 Å². The number of rotatable bonds is 14. The monoisotopic (exact) mass is 577 g/mol. The summed E-state index contributed by atoms with van der Waals surface area (Å²) >= 11 is 0. The molecule has 0 saturated carbocycles. The van der Waals surface area contributed by atoms with Crippen molar-refractivity contribution in [1.29, 1.82) is 0 Å². The molecule has 0 amide bonds. The third-order valence-electron chi connectivity index (χ3n) is 7.70. The van der Waals surface area contributed by atoms with Crippen molar-refractivity contribution in [2.45, 2.75) is 39.8 Å². The van der Waals surface area contributed by atoms with Crippen LogP contribution in [0.1, 0.15) is 40.8 Å². The van der Waals surface area contributed by atoms with Gasteiger partial charge in [-0.05, 0) is 43.7 Å². The molecule has 7 heteroatoms. The van der Waals surface area contributed by atoms with Crippen molar-refractivity contribution < 1.29 is 19.0 Å². The SMILES string of the molecule is C=CCOCc1nn(C)c(C)c1-c1cccc2c(CCCOc3cccc4ccccc34)c(C(=O)OCC)n(CC=C)c12. The summed E-state index contributed by atoms with van der Waals surface area (Å²) in [6.07, 6.45) is 4.91. The maximum Gasteiger partial charge on any atom is 0.355 e. The van der Waals surface area contributed by atoms with Crippen molar-refractivity contribution in [3.05, 3.63) is 109 Å². The highest BCUT2D eigenvalue weighted by atomic mass is 16.5.